The first-order valence-electron chi connectivity index (χ1n) is 10.5. The van der Waals surface area contributed by atoms with Crippen molar-refractivity contribution in [1.82, 2.24) is 24.7 Å². The molecule has 1 saturated heterocycles. The largest absolute Gasteiger partial charge is 0.450 e. The van der Waals surface area contributed by atoms with Crippen LogP contribution in [0.1, 0.15) is 18.3 Å². The molecule has 32 heavy (non-hydrogen) atoms. The number of nitrogens with zero attached hydrogens (tertiary/aromatic N) is 5. The van der Waals surface area contributed by atoms with E-state index in [1.807, 2.05) is 18.2 Å². The van der Waals surface area contributed by atoms with Crippen LogP contribution in [0.3, 0.4) is 0 Å². The summed E-state index contributed by atoms with van der Waals surface area (Å²) in [6.07, 6.45) is 0.221. The van der Waals surface area contributed by atoms with E-state index in [2.05, 4.69) is 34.5 Å². The minimum absolute atomic E-state index is 0.0166. The highest BCUT2D eigenvalue weighted by Gasteiger charge is 2.25. The number of ether oxygens (including phenoxy) is 1. The van der Waals surface area contributed by atoms with Crippen LogP contribution in [0.15, 0.2) is 47.6 Å². The molecule has 1 aromatic heterocycles. The maximum atomic E-state index is 12.6. The predicted molar refractivity (Wildman–Crippen MR) is 123 cm³/mol. The number of carbonyl (C=O) groups is 2. The molecule has 10 heteroatoms. The molecule has 9 nitrogen and oxygen atoms in total. The van der Waals surface area contributed by atoms with E-state index in [9.17, 15) is 9.59 Å². The molecule has 2 N–H and O–H groups in total. The summed E-state index contributed by atoms with van der Waals surface area (Å²) in [6, 6.07) is 14.3. The number of nitrogens with two attached hydrogens (primary N) is 1. The van der Waals surface area contributed by atoms with Crippen molar-refractivity contribution in [3.8, 4) is 0 Å². The molecule has 2 heterocycles. The van der Waals surface area contributed by atoms with E-state index in [1.54, 1.807) is 16.7 Å². The Morgan fingerprint density at radius 3 is 2.53 bits per heavy atom. The van der Waals surface area contributed by atoms with E-state index in [0.29, 0.717) is 50.2 Å². The van der Waals surface area contributed by atoms with Gasteiger partial charge < -0.3 is 20.4 Å². The van der Waals surface area contributed by atoms with Gasteiger partial charge in [0.05, 0.1) is 12.4 Å². The first-order valence-corrected chi connectivity index (χ1v) is 11.5. The molecule has 3 aromatic rings. The van der Waals surface area contributed by atoms with E-state index in [4.69, 9.17) is 10.6 Å². The van der Waals surface area contributed by atoms with Crippen LogP contribution in [0.25, 0.3) is 10.8 Å². The number of rotatable bonds is 6. The van der Waals surface area contributed by atoms with Crippen LogP contribution in [0, 0.1) is 0 Å². The molecular weight excluding hydrogens is 428 g/mol. The summed E-state index contributed by atoms with van der Waals surface area (Å²) in [5.74, 6) is 7.06. The molecule has 1 fully saturated rings. The third-order valence-electron chi connectivity index (χ3n) is 5.45. The van der Waals surface area contributed by atoms with Gasteiger partial charge in [-0.25, -0.2) is 9.47 Å². The summed E-state index contributed by atoms with van der Waals surface area (Å²) in [4.78, 5) is 27.8. The van der Waals surface area contributed by atoms with Gasteiger partial charge in [0.15, 0.2) is 5.82 Å². The van der Waals surface area contributed by atoms with E-state index >= 15 is 0 Å². The summed E-state index contributed by atoms with van der Waals surface area (Å²) in [5, 5.41) is 11.2. The number of carbonyl (C=O) groups excluding carboxylic acids is 2. The number of piperazine rings is 1. The molecule has 2 aromatic carbocycles. The highest BCUT2D eigenvalue weighted by molar-refractivity contribution is 7.99. The summed E-state index contributed by atoms with van der Waals surface area (Å²) in [6.45, 7) is 4.03. The molecule has 2 amide bonds. The molecule has 4 rings (SSSR count). The van der Waals surface area contributed by atoms with Crippen molar-refractivity contribution in [3.63, 3.8) is 0 Å². The van der Waals surface area contributed by atoms with Crippen molar-refractivity contribution >= 4 is 34.5 Å². The molecule has 0 atom stereocenters. The Labute approximate surface area is 190 Å². The number of aromatic nitrogens is 3. The van der Waals surface area contributed by atoms with Crippen LogP contribution in [0.5, 0.6) is 0 Å². The van der Waals surface area contributed by atoms with Gasteiger partial charge in [0.2, 0.25) is 11.1 Å². The molecule has 0 unspecified atom stereocenters. The van der Waals surface area contributed by atoms with Crippen molar-refractivity contribution in [1.29, 1.82) is 0 Å². The van der Waals surface area contributed by atoms with Gasteiger partial charge in [0.1, 0.15) is 0 Å². The zero-order valence-corrected chi connectivity index (χ0v) is 18.8. The average molecular weight is 455 g/mol. The van der Waals surface area contributed by atoms with Crippen molar-refractivity contribution < 1.29 is 14.3 Å². The van der Waals surface area contributed by atoms with Crippen LogP contribution < -0.4 is 5.84 Å². The second kappa shape index (κ2) is 9.90. The standard InChI is InChI=1S/C22H26N6O3S/c1-2-31-22(30)27-12-10-26(11-13-27)20(29)15-32-21-25-24-19(28(21)23)14-17-8-5-7-16-6-3-4-9-18(16)17/h3-9H,2,10-15,23H2,1H3. The van der Waals surface area contributed by atoms with E-state index in [0.717, 1.165) is 16.3 Å². The first-order chi connectivity index (χ1) is 15.6. The molecule has 0 spiro atoms. The van der Waals surface area contributed by atoms with Crippen LogP contribution >= 0.6 is 11.8 Å². The Morgan fingerprint density at radius 1 is 1.03 bits per heavy atom. The first kappa shape index (κ1) is 21.9. The fourth-order valence-corrected chi connectivity index (χ4v) is 4.49. The van der Waals surface area contributed by atoms with Gasteiger partial charge in [-0.2, -0.15) is 0 Å². The second-order valence-electron chi connectivity index (χ2n) is 7.44. The molecule has 0 radical (unpaired) electrons. The third-order valence-corrected chi connectivity index (χ3v) is 6.37. The summed E-state index contributed by atoms with van der Waals surface area (Å²) in [7, 11) is 0. The monoisotopic (exact) mass is 454 g/mol. The number of fused-ring (bicyclic) bond motifs is 1. The van der Waals surface area contributed by atoms with Gasteiger partial charge in [-0.15, -0.1) is 10.2 Å². The lowest BCUT2D eigenvalue weighted by atomic mass is 10.0. The van der Waals surface area contributed by atoms with Gasteiger partial charge in [-0.3, -0.25) is 4.79 Å². The molecule has 0 aliphatic carbocycles. The van der Waals surface area contributed by atoms with Gasteiger partial charge in [0.25, 0.3) is 0 Å². The van der Waals surface area contributed by atoms with E-state index in [-0.39, 0.29) is 17.8 Å². The average Bonchev–Trinajstić information content (AvgIpc) is 3.17. The fraction of sp³-hybridized carbons (Fsp3) is 0.364. The lowest BCUT2D eigenvalue weighted by Gasteiger charge is -2.34. The third kappa shape index (κ3) is 4.80. The normalized spacial score (nSPS) is 14.0. The predicted octanol–water partition coefficient (Wildman–Crippen LogP) is 2.13. The van der Waals surface area contributed by atoms with Crippen LogP contribution in [-0.2, 0) is 16.0 Å². The molecule has 0 saturated carbocycles. The topological polar surface area (TPSA) is 107 Å². The Morgan fingerprint density at radius 2 is 1.75 bits per heavy atom. The van der Waals surface area contributed by atoms with E-state index < -0.39 is 0 Å². The Bertz CT molecular complexity index is 1100. The van der Waals surface area contributed by atoms with Crippen LogP contribution in [0.4, 0.5) is 4.79 Å². The van der Waals surface area contributed by atoms with Crippen molar-refractivity contribution in [2.45, 2.75) is 18.5 Å². The second-order valence-corrected chi connectivity index (χ2v) is 8.38. The quantitative estimate of drug-likeness (QED) is 0.449. The summed E-state index contributed by atoms with van der Waals surface area (Å²) >= 11 is 1.27. The Hall–Kier alpha value is -3.27. The molecule has 168 valence electrons. The van der Waals surface area contributed by atoms with Gasteiger partial charge in [0, 0.05) is 32.6 Å². The zero-order valence-electron chi connectivity index (χ0n) is 17.9. The minimum Gasteiger partial charge on any atom is -0.450 e. The van der Waals surface area contributed by atoms with Crippen LogP contribution in [0.2, 0.25) is 0 Å². The minimum atomic E-state index is -0.330. The molecular formula is C22H26N6O3S. The van der Waals surface area contributed by atoms with Crippen LogP contribution in [-0.4, -0.2) is 75.2 Å². The SMILES string of the molecule is CCOC(=O)N1CCN(C(=O)CSc2nnc(Cc3cccc4ccccc34)n2N)CC1. The maximum absolute atomic E-state index is 12.6. The number of benzene rings is 2. The van der Waals surface area contributed by atoms with Crippen molar-refractivity contribution in [2.24, 2.45) is 0 Å². The number of nitrogen functional groups attached to an aromatic ring is 1. The number of amides is 2. The Kier molecular flexibility index (Phi) is 6.79. The van der Waals surface area contributed by atoms with Crippen molar-refractivity contribution in [2.75, 3.05) is 44.4 Å². The lowest BCUT2D eigenvalue weighted by molar-refractivity contribution is -0.129. The highest BCUT2D eigenvalue weighted by atomic mass is 32.2. The van der Waals surface area contributed by atoms with Crippen molar-refractivity contribution in [3.05, 3.63) is 53.9 Å². The summed E-state index contributed by atoms with van der Waals surface area (Å²) < 4.78 is 6.47. The number of hydrogen-bond acceptors (Lipinski definition) is 7. The zero-order chi connectivity index (χ0) is 22.5. The summed E-state index contributed by atoms with van der Waals surface area (Å²) in [5.41, 5.74) is 1.12. The van der Waals surface area contributed by atoms with E-state index in [1.165, 1.54) is 16.4 Å². The Balaban J connectivity index is 1.33. The molecule has 0 bridgehead atoms. The maximum Gasteiger partial charge on any atom is 0.409 e. The molecule has 1 aliphatic heterocycles. The van der Waals surface area contributed by atoms with Gasteiger partial charge in [-0.05, 0) is 23.3 Å². The van der Waals surface area contributed by atoms with Gasteiger partial charge in [-0.1, -0.05) is 54.2 Å². The lowest BCUT2D eigenvalue weighted by Crippen LogP contribution is -2.51. The molecule has 1 aliphatic rings. The fourth-order valence-electron chi connectivity index (χ4n) is 3.71. The van der Waals surface area contributed by atoms with Gasteiger partial charge >= 0.3 is 6.09 Å². The number of hydrogen-bond donors (Lipinski definition) is 1. The number of thioether (sulfide) groups is 1. The smallest absolute Gasteiger partial charge is 0.409 e. The highest BCUT2D eigenvalue weighted by Crippen LogP contribution is 2.22.